The second-order valence-corrected chi connectivity index (χ2v) is 4.78. The van der Waals surface area contributed by atoms with Crippen molar-refractivity contribution in [1.82, 2.24) is 0 Å². The van der Waals surface area contributed by atoms with Crippen molar-refractivity contribution in [2.24, 2.45) is 0 Å². The van der Waals surface area contributed by atoms with Crippen LogP contribution in [0.2, 0.25) is 0 Å². The summed E-state index contributed by atoms with van der Waals surface area (Å²) in [5, 5.41) is 0. The van der Waals surface area contributed by atoms with Gasteiger partial charge in [0, 0.05) is 12.1 Å². The maximum Gasteiger partial charge on any atom is 0.338 e. The Hall–Kier alpha value is -2.49. The number of hydrogen-bond donors (Lipinski definition) is 1. The average Bonchev–Trinajstić information content (AvgIpc) is 2.47. The van der Waals surface area contributed by atoms with Crippen molar-refractivity contribution in [1.29, 1.82) is 0 Å². The van der Waals surface area contributed by atoms with Crippen LogP contribution in [0.3, 0.4) is 0 Å². The first-order valence-electron chi connectivity index (χ1n) is 6.87. The van der Waals surface area contributed by atoms with Gasteiger partial charge in [-0.2, -0.15) is 0 Å². The number of carbonyl (C=O) groups is 1. The van der Waals surface area contributed by atoms with Crippen LogP contribution in [-0.2, 0) is 4.74 Å². The highest BCUT2D eigenvalue weighted by Crippen LogP contribution is 2.12. The predicted octanol–water partition coefficient (Wildman–Crippen LogP) is 3.20. The number of nitrogens with two attached hydrogens (primary N) is 1. The van der Waals surface area contributed by atoms with Gasteiger partial charge in [0.15, 0.2) is 0 Å². The molecule has 0 aliphatic rings. The SMILES string of the molecule is Cc1cc(N)cc(C(=O)OCCCOc2ccccc2)c1. The first kappa shape index (κ1) is 14.9. The molecule has 0 amide bonds. The molecule has 2 N–H and O–H groups in total. The number of benzene rings is 2. The summed E-state index contributed by atoms with van der Waals surface area (Å²) in [6.45, 7) is 2.72. The second kappa shape index (κ2) is 7.33. The van der Waals surface area contributed by atoms with Gasteiger partial charge < -0.3 is 15.2 Å². The molecule has 0 radical (unpaired) electrons. The van der Waals surface area contributed by atoms with Gasteiger partial charge in [-0.25, -0.2) is 4.79 Å². The second-order valence-electron chi connectivity index (χ2n) is 4.78. The zero-order chi connectivity index (χ0) is 15.1. The van der Waals surface area contributed by atoms with E-state index in [1.54, 1.807) is 12.1 Å². The molecule has 4 nitrogen and oxygen atoms in total. The van der Waals surface area contributed by atoms with Crippen LogP contribution in [0.1, 0.15) is 22.3 Å². The number of nitrogen functional groups attached to an aromatic ring is 1. The Kier molecular flexibility index (Phi) is 5.21. The van der Waals surface area contributed by atoms with E-state index in [4.69, 9.17) is 15.2 Å². The van der Waals surface area contributed by atoms with Crippen LogP contribution in [0.25, 0.3) is 0 Å². The third-order valence-corrected chi connectivity index (χ3v) is 2.87. The number of anilines is 1. The quantitative estimate of drug-likeness (QED) is 0.503. The zero-order valence-electron chi connectivity index (χ0n) is 12.0. The van der Waals surface area contributed by atoms with Crippen molar-refractivity contribution in [3.8, 4) is 5.75 Å². The lowest BCUT2D eigenvalue weighted by molar-refractivity contribution is 0.0486. The van der Waals surface area contributed by atoms with Crippen molar-refractivity contribution < 1.29 is 14.3 Å². The minimum Gasteiger partial charge on any atom is -0.493 e. The van der Waals surface area contributed by atoms with E-state index in [0.717, 1.165) is 11.3 Å². The van der Waals surface area contributed by atoms with Gasteiger partial charge >= 0.3 is 5.97 Å². The van der Waals surface area contributed by atoms with Crippen LogP contribution < -0.4 is 10.5 Å². The first-order chi connectivity index (χ1) is 10.1. The van der Waals surface area contributed by atoms with E-state index in [9.17, 15) is 4.79 Å². The summed E-state index contributed by atoms with van der Waals surface area (Å²) in [5.41, 5.74) is 7.70. The maximum atomic E-state index is 11.9. The van der Waals surface area contributed by atoms with Gasteiger partial charge in [0.25, 0.3) is 0 Å². The van der Waals surface area contributed by atoms with E-state index >= 15 is 0 Å². The van der Waals surface area contributed by atoms with E-state index in [1.165, 1.54) is 0 Å². The fraction of sp³-hybridized carbons (Fsp3) is 0.235. The number of esters is 1. The molecule has 110 valence electrons. The number of hydrogen-bond acceptors (Lipinski definition) is 4. The first-order valence-corrected chi connectivity index (χ1v) is 6.87. The molecule has 2 rings (SSSR count). The molecule has 0 saturated carbocycles. The van der Waals surface area contributed by atoms with Crippen molar-refractivity contribution >= 4 is 11.7 Å². The molecule has 0 aromatic heterocycles. The van der Waals surface area contributed by atoms with E-state index in [0.29, 0.717) is 30.9 Å². The molecular formula is C17H19NO3. The molecule has 0 saturated heterocycles. The fourth-order valence-electron chi connectivity index (χ4n) is 1.94. The standard InChI is InChI=1S/C17H19NO3/c1-13-10-14(12-15(18)11-13)17(19)21-9-5-8-20-16-6-3-2-4-7-16/h2-4,6-7,10-12H,5,8-9,18H2,1H3. The lowest BCUT2D eigenvalue weighted by atomic mass is 10.1. The summed E-state index contributed by atoms with van der Waals surface area (Å²) in [6.07, 6.45) is 0.641. The summed E-state index contributed by atoms with van der Waals surface area (Å²) >= 11 is 0. The van der Waals surface area contributed by atoms with Crippen molar-refractivity contribution in [2.75, 3.05) is 18.9 Å². The van der Waals surface area contributed by atoms with Gasteiger partial charge in [0.1, 0.15) is 5.75 Å². The summed E-state index contributed by atoms with van der Waals surface area (Å²) in [7, 11) is 0. The highest BCUT2D eigenvalue weighted by molar-refractivity contribution is 5.90. The number of carbonyl (C=O) groups excluding carboxylic acids is 1. The Labute approximate surface area is 124 Å². The number of para-hydroxylation sites is 1. The fourth-order valence-corrected chi connectivity index (χ4v) is 1.94. The Morgan fingerprint density at radius 2 is 1.86 bits per heavy atom. The highest BCUT2D eigenvalue weighted by atomic mass is 16.5. The molecule has 4 heteroatoms. The molecule has 0 spiro atoms. The smallest absolute Gasteiger partial charge is 0.338 e. The van der Waals surface area contributed by atoms with Crippen molar-refractivity contribution in [2.45, 2.75) is 13.3 Å². The van der Waals surface area contributed by atoms with Crippen molar-refractivity contribution in [3.63, 3.8) is 0 Å². The summed E-state index contributed by atoms with van der Waals surface area (Å²) in [6, 6.07) is 14.7. The van der Waals surface area contributed by atoms with Gasteiger partial charge in [-0.05, 0) is 42.8 Å². The van der Waals surface area contributed by atoms with Gasteiger partial charge in [-0.3, -0.25) is 0 Å². The third kappa shape index (κ3) is 4.84. The summed E-state index contributed by atoms with van der Waals surface area (Å²) in [5.74, 6) is 0.459. The van der Waals surface area contributed by atoms with E-state index in [2.05, 4.69) is 0 Å². The van der Waals surface area contributed by atoms with Gasteiger partial charge in [-0.1, -0.05) is 18.2 Å². The normalized spacial score (nSPS) is 10.1. The Bertz CT molecular complexity index is 576. The Morgan fingerprint density at radius 3 is 2.57 bits per heavy atom. The minimum absolute atomic E-state index is 0.319. The molecule has 0 heterocycles. The molecule has 0 bridgehead atoms. The van der Waals surface area contributed by atoms with Crippen molar-refractivity contribution in [3.05, 3.63) is 59.7 Å². The lowest BCUT2D eigenvalue weighted by Crippen LogP contribution is -2.10. The number of ether oxygens (including phenoxy) is 2. The molecule has 2 aromatic rings. The molecule has 0 aliphatic carbocycles. The molecule has 0 aliphatic heterocycles. The molecule has 0 atom stereocenters. The maximum absolute atomic E-state index is 11.9. The van der Waals surface area contributed by atoms with E-state index in [1.807, 2.05) is 43.3 Å². The molecule has 21 heavy (non-hydrogen) atoms. The van der Waals surface area contributed by atoms with Crippen LogP contribution in [0.4, 0.5) is 5.69 Å². The van der Waals surface area contributed by atoms with Crippen LogP contribution in [-0.4, -0.2) is 19.2 Å². The van der Waals surface area contributed by atoms with Crippen LogP contribution in [0.15, 0.2) is 48.5 Å². The summed E-state index contributed by atoms with van der Waals surface area (Å²) in [4.78, 5) is 11.9. The molecule has 2 aromatic carbocycles. The lowest BCUT2D eigenvalue weighted by Gasteiger charge is -2.08. The topological polar surface area (TPSA) is 61.6 Å². The largest absolute Gasteiger partial charge is 0.493 e. The predicted molar refractivity (Wildman–Crippen MR) is 82.4 cm³/mol. The molecular weight excluding hydrogens is 266 g/mol. The third-order valence-electron chi connectivity index (χ3n) is 2.87. The molecule has 0 unspecified atom stereocenters. The molecule has 0 fully saturated rings. The van der Waals surface area contributed by atoms with Gasteiger partial charge in [0.05, 0.1) is 18.8 Å². The van der Waals surface area contributed by atoms with Gasteiger partial charge in [0.2, 0.25) is 0 Å². The average molecular weight is 285 g/mol. The minimum atomic E-state index is -0.356. The van der Waals surface area contributed by atoms with Crippen LogP contribution >= 0.6 is 0 Å². The monoisotopic (exact) mass is 285 g/mol. The number of aryl methyl sites for hydroxylation is 1. The zero-order valence-corrected chi connectivity index (χ0v) is 12.0. The summed E-state index contributed by atoms with van der Waals surface area (Å²) < 4.78 is 10.7. The van der Waals surface area contributed by atoms with E-state index < -0.39 is 0 Å². The van der Waals surface area contributed by atoms with Crippen LogP contribution in [0, 0.1) is 6.92 Å². The Balaban J connectivity index is 1.72. The van der Waals surface area contributed by atoms with E-state index in [-0.39, 0.29) is 5.97 Å². The van der Waals surface area contributed by atoms with Gasteiger partial charge in [-0.15, -0.1) is 0 Å². The number of rotatable bonds is 6. The Morgan fingerprint density at radius 1 is 1.10 bits per heavy atom. The highest BCUT2D eigenvalue weighted by Gasteiger charge is 2.08. The van der Waals surface area contributed by atoms with Crippen LogP contribution in [0.5, 0.6) is 5.75 Å².